The molecule has 2 aromatic rings. The molecule has 0 fully saturated rings. The molecule has 4 unspecified atom stereocenters. The van der Waals surface area contributed by atoms with Gasteiger partial charge in [-0.3, -0.25) is 38.4 Å². The van der Waals surface area contributed by atoms with Crippen LogP contribution in [0.2, 0.25) is 0 Å². The molecule has 3 N–H and O–H groups in total. The molecule has 0 radical (unpaired) electrons. The first-order valence-electron chi connectivity index (χ1n) is 23.2. The van der Waals surface area contributed by atoms with E-state index in [0.717, 1.165) is 22.3 Å². The van der Waals surface area contributed by atoms with Crippen molar-refractivity contribution in [2.75, 3.05) is 39.6 Å². The number of hydrogen-bond donors (Lipinski definition) is 3. The van der Waals surface area contributed by atoms with Crippen molar-refractivity contribution in [1.29, 1.82) is 0 Å². The molecule has 17 heteroatoms. The summed E-state index contributed by atoms with van der Waals surface area (Å²) < 4.78 is 22.3. The maximum atomic E-state index is 13.4. The highest BCUT2D eigenvalue weighted by atomic mass is 16.6. The molecule has 17 nitrogen and oxygen atoms in total. The van der Waals surface area contributed by atoms with E-state index in [4.69, 9.17) is 18.9 Å². The summed E-state index contributed by atoms with van der Waals surface area (Å²) in [6.45, 7) is 10.5. The van der Waals surface area contributed by atoms with Crippen molar-refractivity contribution in [2.45, 2.75) is 136 Å². The van der Waals surface area contributed by atoms with Gasteiger partial charge in [0.2, 0.25) is 17.7 Å². The molecular weight excluding hydrogens is 879 g/mol. The first kappa shape index (κ1) is 56.4. The number of Topliss-reactive ketones (excluding diaryl/α,β-unsaturated/α-hetero) is 5. The Morgan fingerprint density at radius 3 is 1.69 bits per heavy atom. The third kappa shape index (κ3) is 20.5. The van der Waals surface area contributed by atoms with Gasteiger partial charge in [0, 0.05) is 50.5 Å². The molecule has 0 spiro atoms. The van der Waals surface area contributed by atoms with Crippen LogP contribution >= 0.6 is 0 Å². The standard InChI is InChI=1S/C51H69N3O14/c1-32(55)16-20-44(34(3)57)53-47(61)23-18-36(49(63)54-45(35(4)58)21-17-33(2)56)28-38(59)30-66-27-26-65-25-24-52-46(60)22-19-37(50(64)68-51(5,6)7)29-48(62)67-31-43-41-14-10-8-12-39(41)40-13-9-11-15-42(40)43/h8-15,36-37,43-45H,16-31H2,1-7H3,(H,52,60)(H,53,61)(H,54,63). The van der Waals surface area contributed by atoms with Gasteiger partial charge in [-0.15, -0.1) is 0 Å². The fourth-order valence-electron chi connectivity index (χ4n) is 7.60. The molecule has 0 heterocycles. The molecule has 3 rings (SSSR count). The quantitative estimate of drug-likeness (QED) is 0.0656. The number of carbonyl (C=O) groups is 10. The van der Waals surface area contributed by atoms with Crippen LogP contribution in [0.1, 0.15) is 130 Å². The highest BCUT2D eigenvalue weighted by Crippen LogP contribution is 2.44. The molecule has 3 amide bonds. The Bertz CT molecular complexity index is 2060. The van der Waals surface area contributed by atoms with Crippen LogP contribution in [0, 0.1) is 11.8 Å². The summed E-state index contributed by atoms with van der Waals surface area (Å²) in [6.07, 6.45) is -0.611. The lowest BCUT2D eigenvalue weighted by Crippen LogP contribution is -2.44. The van der Waals surface area contributed by atoms with E-state index in [1.165, 1.54) is 27.7 Å². The molecule has 372 valence electrons. The SMILES string of the molecule is CC(=O)CCC(NC(=O)CCC(CC(=O)COCCOCCNC(=O)CCC(CC(=O)OCC1c2ccccc2-c2ccccc21)C(=O)OC(C)(C)C)C(=O)NC(CCC(C)=O)C(C)=O)C(C)=O. The van der Waals surface area contributed by atoms with Crippen LogP contribution in [0.15, 0.2) is 48.5 Å². The van der Waals surface area contributed by atoms with Gasteiger partial charge in [-0.25, -0.2) is 0 Å². The number of benzene rings is 2. The zero-order chi connectivity index (χ0) is 50.4. The van der Waals surface area contributed by atoms with Crippen LogP contribution in [0.3, 0.4) is 0 Å². The minimum absolute atomic E-state index is 0.00343. The van der Waals surface area contributed by atoms with E-state index in [1.54, 1.807) is 20.8 Å². The van der Waals surface area contributed by atoms with Gasteiger partial charge < -0.3 is 44.5 Å². The smallest absolute Gasteiger partial charge is 0.310 e. The Morgan fingerprint density at radius 2 is 1.13 bits per heavy atom. The number of fused-ring (bicyclic) bond motifs is 3. The van der Waals surface area contributed by atoms with Crippen molar-refractivity contribution < 1.29 is 66.9 Å². The monoisotopic (exact) mass is 947 g/mol. The predicted molar refractivity (Wildman–Crippen MR) is 250 cm³/mol. The molecule has 0 saturated carbocycles. The summed E-state index contributed by atoms with van der Waals surface area (Å²) >= 11 is 0. The summed E-state index contributed by atoms with van der Waals surface area (Å²) in [6, 6.07) is 14.1. The van der Waals surface area contributed by atoms with Gasteiger partial charge in [-0.2, -0.15) is 0 Å². The zero-order valence-electron chi connectivity index (χ0n) is 40.5. The lowest BCUT2D eigenvalue weighted by atomic mass is 9.94. The van der Waals surface area contributed by atoms with E-state index in [2.05, 4.69) is 16.0 Å². The lowest BCUT2D eigenvalue weighted by Gasteiger charge is -2.24. The summed E-state index contributed by atoms with van der Waals surface area (Å²) in [4.78, 5) is 126. The van der Waals surface area contributed by atoms with Crippen LogP contribution < -0.4 is 16.0 Å². The summed E-state index contributed by atoms with van der Waals surface area (Å²) in [5.41, 5.74) is 3.49. The molecule has 0 saturated heterocycles. The number of hydrogen-bond acceptors (Lipinski definition) is 14. The van der Waals surface area contributed by atoms with Crippen molar-refractivity contribution in [3.8, 4) is 11.1 Å². The average Bonchev–Trinajstić information content (AvgIpc) is 3.58. The Balaban J connectivity index is 1.43. The van der Waals surface area contributed by atoms with E-state index in [1.807, 2.05) is 48.5 Å². The van der Waals surface area contributed by atoms with Crippen molar-refractivity contribution in [1.82, 2.24) is 16.0 Å². The van der Waals surface area contributed by atoms with Crippen LogP contribution in [0.4, 0.5) is 0 Å². The molecule has 4 atom stereocenters. The van der Waals surface area contributed by atoms with Crippen LogP contribution in [0.25, 0.3) is 11.1 Å². The molecule has 0 aromatic heterocycles. The third-order valence-corrected chi connectivity index (χ3v) is 11.2. The lowest BCUT2D eigenvalue weighted by molar-refractivity contribution is -0.164. The van der Waals surface area contributed by atoms with E-state index < -0.39 is 59.1 Å². The number of ketones is 5. The number of nitrogens with one attached hydrogen (secondary N) is 3. The van der Waals surface area contributed by atoms with E-state index in [0.29, 0.717) is 0 Å². The Labute approximate surface area is 398 Å². The number of esters is 2. The van der Waals surface area contributed by atoms with Crippen molar-refractivity contribution >= 4 is 58.6 Å². The number of ether oxygens (including phenoxy) is 4. The second-order valence-electron chi connectivity index (χ2n) is 18.3. The normalized spacial score (nSPS) is 13.7. The molecule has 0 aliphatic heterocycles. The van der Waals surface area contributed by atoms with E-state index in [9.17, 15) is 47.9 Å². The fourth-order valence-corrected chi connectivity index (χ4v) is 7.60. The molecule has 1 aliphatic carbocycles. The average molecular weight is 948 g/mol. The van der Waals surface area contributed by atoms with Crippen molar-refractivity contribution in [2.24, 2.45) is 11.8 Å². The van der Waals surface area contributed by atoms with Gasteiger partial charge in [0.1, 0.15) is 30.4 Å². The fraction of sp³-hybridized carbons (Fsp3) is 0.569. The first-order chi connectivity index (χ1) is 32.1. The predicted octanol–water partition coefficient (Wildman–Crippen LogP) is 4.86. The van der Waals surface area contributed by atoms with Crippen molar-refractivity contribution in [3.05, 3.63) is 59.7 Å². The first-order valence-corrected chi connectivity index (χ1v) is 23.2. The Hall–Kier alpha value is -5.94. The number of amides is 3. The summed E-state index contributed by atoms with van der Waals surface area (Å²) in [7, 11) is 0. The number of rotatable bonds is 32. The van der Waals surface area contributed by atoms with Gasteiger partial charge in [0.05, 0.1) is 44.2 Å². The van der Waals surface area contributed by atoms with E-state index in [-0.39, 0.29) is 139 Å². The zero-order valence-corrected chi connectivity index (χ0v) is 40.5. The minimum atomic E-state index is -1.05. The summed E-state index contributed by atoms with van der Waals surface area (Å²) in [5, 5.41) is 7.90. The van der Waals surface area contributed by atoms with Gasteiger partial charge in [-0.1, -0.05) is 48.5 Å². The Kier molecular flexibility index (Phi) is 23.6. The molecular formula is C51H69N3O14. The maximum Gasteiger partial charge on any atom is 0.310 e. The Morgan fingerprint density at radius 1 is 0.603 bits per heavy atom. The van der Waals surface area contributed by atoms with Crippen LogP contribution in [-0.2, 0) is 66.9 Å². The van der Waals surface area contributed by atoms with E-state index >= 15 is 0 Å². The van der Waals surface area contributed by atoms with Crippen LogP contribution in [0.5, 0.6) is 0 Å². The minimum Gasteiger partial charge on any atom is -0.465 e. The molecule has 1 aliphatic rings. The van der Waals surface area contributed by atoms with Gasteiger partial charge in [-0.05, 0) is 96.4 Å². The summed E-state index contributed by atoms with van der Waals surface area (Å²) in [5.74, 6) is -6.36. The molecule has 68 heavy (non-hydrogen) atoms. The third-order valence-electron chi connectivity index (χ3n) is 11.2. The molecule has 0 bridgehead atoms. The highest BCUT2D eigenvalue weighted by Gasteiger charge is 2.32. The molecule has 2 aromatic carbocycles. The van der Waals surface area contributed by atoms with Crippen molar-refractivity contribution in [3.63, 3.8) is 0 Å². The van der Waals surface area contributed by atoms with Gasteiger partial charge in [0.15, 0.2) is 17.3 Å². The second kappa shape index (κ2) is 28.4. The number of carbonyl (C=O) groups excluding carboxylic acids is 10. The highest BCUT2D eigenvalue weighted by molar-refractivity contribution is 5.92. The second-order valence-corrected chi connectivity index (χ2v) is 18.3. The maximum absolute atomic E-state index is 13.4. The largest absolute Gasteiger partial charge is 0.465 e. The van der Waals surface area contributed by atoms with Gasteiger partial charge >= 0.3 is 11.9 Å². The topological polar surface area (TPSA) is 244 Å². The van der Waals surface area contributed by atoms with Gasteiger partial charge in [0.25, 0.3) is 0 Å². The van der Waals surface area contributed by atoms with Crippen LogP contribution in [-0.4, -0.2) is 116 Å².